The minimum absolute atomic E-state index is 0.0505. The molecule has 176 valence electrons. The van der Waals surface area contributed by atoms with Crippen molar-refractivity contribution in [1.29, 1.82) is 0 Å². The number of benzene rings is 2. The van der Waals surface area contributed by atoms with E-state index in [0.717, 1.165) is 25.7 Å². The van der Waals surface area contributed by atoms with Gasteiger partial charge in [-0.2, -0.15) is 0 Å². The maximum absolute atomic E-state index is 12.4. The zero-order valence-electron chi connectivity index (χ0n) is 18.9. The average Bonchev–Trinajstić information content (AvgIpc) is 2.82. The summed E-state index contributed by atoms with van der Waals surface area (Å²) in [5.41, 5.74) is 6.30. The first-order valence-electron chi connectivity index (χ1n) is 11.0. The van der Waals surface area contributed by atoms with Gasteiger partial charge in [0.1, 0.15) is 5.75 Å². The van der Waals surface area contributed by atoms with E-state index in [1.807, 2.05) is 6.92 Å². The van der Waals surface area contributed by atoms with E-state index in [1.165, 1.54) is 0 Å². The van der Waals surface area contributed by atoms with E-state index in [4.69, 9.17) is 17.0 Å². The topological polar surface area (TPSA) is 109 Å². The van der Waals surface area contributed by atoms with Crippen molar-refractivity contribution < 1.29 is 19.1 Å². The van der Waals surface area contributed by atoms with Crippen molar-refractivity contribution in [3.8, 4) is 5.75 Å². The maximum atomic E-state index is 12.4. The summed E-state index contributed by atoms with van der Waals surface area (Å²) in [5.74, 6) is -0.323. The highest BCUT2D eigenvalue weighted by molar-refractivity contribution is 7.80. The van der Waals surface area contributed by atoms with Crippen LogP contribution in [0.4, 0.5) is 5.69 Å². The third kappa shape index (κ3) is 9.28. The molecule has 0 aliphatic heterocycles. The van der Waals surface area contributed by atoms with Crippen LogP contribution in [0.25, 0.3) is 0 Å². The number of ether oxygens (including phenoxy) is 1. The molecule has 33 heavy (non-hydrogen) atoms. The molecule has 0 atom stereocenters. The lowest BCUT2D eigenvalue weighted by molar-refractivity contribution is -0.116. The Bertz CT molecular complexity index is 963. The molecule has 0 bridgehead atoms. The lowest BCUT2D eigenvalue weighted by Gasteiger charge is -2.12. The van der Waals surface area contributed by atoms with Gasteiger partial charge in [-0.15, -0.1) is 0 Å². The van der Waals surface area contributed by atoms with Crippen LogP contribution >= 0.6 is 12.2 Å². The van der Waals surface area contributed by atoms with Crippen LogP contribution in [0.2, 0.25) is 0 Å². The minimum atomic E-state index is -0.443. The minimum Gasteiger partial charge on any atom is -0.494 e. The lowest BCUT2D eigenvalue weighted by atomic mass is 10.2. The van der Waals surface area contributed by atoms with Crippen molar-refractivity contribution in [2.75, 3.05) is 11.9 Å². The van der Waals surface area contributed by atoms with Crippen LogP contribution in [-0.4, -0.2) is 29.4 Å². The zero-order chi connectivity index (χ0) is 24.1. The molecular weight excluding hydrogens is 440 g/mol. The number of hydrazine groups is 1. The van der Waals surface area contributed by atoms with Crippen molar-refractivity contribution in [1.82, 2.24) is 16.2 Å². The molecule has 0 spiro atoms. The molecule has 0 fully saturated rings. The third-order valence-electron chi connectivity index (χ3n) is 4.57. The second-order valence-corrected chi connectivity index (χ2v) is 7.73. The van der Waals surface area contributed by atoms with Crippen LogP contribution in [-0.2, 0) is 4.79 Å². The monoisotopic (exact) mass is 470 g/mol. The first kappa shape index (κ1) is 25.8. The number of thiocarbonyl (C=S) groups is 1. The number of hydrogen-bond donors (Lipinski definition) is 4. The first-order valence-corrected chi connectivity index (χ1v) is 11.4. The Morgan fingerprint density at radius 3 is 2.30 bits per heavy atom. The van der Waals surface area contributed by atoms with Crippen LogP contribution in [0.5, 0.6) is 5.75 Å². The quantitative estimate of drug-likeness (QED) is 0.238. The number of nitrogens with one attached hydrogen (secondary N) is 4. The fraction of sp³-hybridized carbons (Fsp3) is 0.333. The Morgan fingerprint density at radius 1 is 0.879 bits per heavy atom. The van der Waals surface area contributed by atoms with Crippen LogP contribution in [0.1, 0.15) is 66.7 Å². The van der Waals surface area contributed by atoms with Gasteiger partial charge in [0.05, 0.1) is 6.61 Å². The molecule has 2 rings (SSSR count). The summed E-state index contributed by atoms with van der Waals surface area (Å²) in [6, 6.07) is 13.2. The lowest BCUT2D eigenvalue weighted by Crippen LogP contribution is -2.48. The number of rotatable bonds is 10. The zero-order valence-corrected chi connectivity index (χ0v) is 19.7. The molecule has 2 aromatic rings. The number of carbonyl (C=O) groups excluding carboxylic acids is 3. The van der Waals surface area contributed by atoms with E-state index in [0.29, 0.717) is 35.6 Å². The van der Waals surface area contributed by atoms with E-state index < -0.39 is 11.8 Å². The van der Waals surface area contributed by atoms with Gasteiger partial charge in [-0.3, -0.25) is 30.6 Å². The Morgan fingerprint density at radius 2 is 1.61 bits per heavy atom. The summed E-state index contributed by atoms with van der Waals surface area (Å²) in [6.07, 6.45) is 4.18. The molecule has 0 aliphatic carbocycles. The molecule has 0 heterocycles. The molecule has 4 N–H and O–H groups in total. The summed E-state index contributed by atoms with van der Waals surface area (Å²) >= 11 is 5.08. The highest BCUT2D eigenvalue weighted by Gasteiger charge is 2.11. The summed E-state index contributed by atoms with van der Waals surface area (Å²) < 4.78 is 5.61. The molecule has 0 saturated heterocycles. The normalized spacial score (nSPS) is 10.1. The highest BCUT2D eigenvalue weighted by Crippen LogP contribution is 2.14. The second-order valence-electron chi connectivity index (χ2n) is 7.32. The maximum Gasteiger partial charge on any atom is 0.269 e. The fourth-order valence-electron chi connectivity index (χ4n) is 2.72. The Balaban J connectivity index is 1.80. The molecule has 0 aromatic heterocycles. The predicted octanol–water partition coefficient (Wildman–Crippen LogP) is 3.94. The van der Waals surface area contributed by atoms with E-state index in [9.17, 15) is 14.4 Å². The predicted molar refractivity (Wildman–Crippen MR) is 132 cm³/mol. The third-order valence-corrected chi connectivity index (χ3v) is 4.77. The van der Waals surface area contributed by atoms with Crippen molar-refractivity contribution in [2.45, 2.75) is 46.0 Å². The molecule has 0 unspecified atom stereocenters. The molecule has 0 saturated carbocycles. The van der Waals surface area contributed by atoms with Gasteiger partial charge in [0.25, 0.3) is 11.8 Å². The van der Waals surface area contributed by atoms with Crippen molar-refractivity contribution in [2.24, 2.45) is 0 Å². The van der Waals surface area contributed by atoms with Crippen molar-refractivity contribution in [3.05, 3.63) is 59.7 Å². The largest absolute Gasteiger partial charge is 0.494 e. The van der Waals surface area contributed by atoms with Gasteiger partial charge in [-0.05, 0) is 67.5 Å². The van der Waals surface area contributed by atoms with Crippen LogP contribution < -0.4 is 26.2 Å². The van der Waals surface area contributed by atoms with Gasteiger partial charge in [0.15, 0.2) is 5.11 Å². The summed E-state index contributed by atoms with van der Waals surface area (Å²) in [4.78, 5) is 36.5. The SMILES string of the molecule is CCCCOc1cccc(C(=O)NC(=S)NNC(=O)c2ccc(NC(=O)CCCC)cc2)c1. The Hall–Kier alpha value is -3.46. The van der Waals surface area contributed by atoms with E-state index in [-0.39, 0.29) is 11.0 Å². The Kier molecular flexibility index (Phi) is 10.8. The average molecular weight is 471 g/mol. The number of unbranched alkanes of at least 4 members (excludes halogenated alkanes) is 2. The summed E-state index contributed by atoms with van der Waals surface area (Å²) in [5, 5.41) is 5.24. The summed E-state index contributed by atoms with van der Waals surface area (Å²) in [7, 11) is 0. The van der Waals surface area contributed by atoms with Crippen molar-refractivity contribution >= 4 is 40.7 Å². The number of hydrogen-bond acceptors (Lipinski definition) is 5. The van der Waals surface area contributed by atoms with E-state index in [2.05, 4.69) is 28.4 Å². The van der Waals surface area contributed by atoms with Gasteiger partial charge in [0.2, 0.25) is 5.91 Å². The fourth-order valence-corrected chi connectivity index (χ4v) is 2.86. The van der Waals surface area contributed by atoms with Gasteiger partial charge in [-0.1, -0.05) is 32.8 Å². The smallest absolute Gasteiger partial charge is 0.269 e. The van der Waals surface area contributed by atoms with Crippen molar-refractivity contribution in [3.63, 3.8) is 0 Å². The number of carbonyl (C=O) groups is 3. The van der Waals surface area contributed by atoms with Gasteiger partial charge < -0.3 is 10.1 Å². The van der Waals surface area contributed by atoms with Crippen LogP contribution in [0.3, 0.4) is 0 Å². The van der Waals surface area contributed by atoms with Gasteiger partial charge >= 0.3 is 0 Å². The molecular formula is C24H30N4O4S. The van der Waals surface area contributed by atoms with Crippen LogP contribution in [0, 0.1) is 0 Å². The molecule has 8 nitrogen and oxygen atoms in total. The molecule has 9 heteroatoms. The molecule has 0 radical (unpaired) electrons. The molecule has 3 amide bonds. The number of amides is 3. The van der Waals surface area contributed by atoms with Crippen LogP contribution in [0.15, 0.2) is 48.5 Å². The second kappa shape index (κ2) is 13.8. The van der Waals surface area contributed by atoms with E-state index >= 15 is 0 Å². The summed E-state index contributed by atoms with van der Waals surface area (Å²) in [6.45, 7) is 4.68. The van der Waals surface area contributed by atoms with Gasteiger partial charge in [0, 0.05) is 23.2 Å². The van der Waals surface area contributed by atoms with E-state index in [1.54, 1.807) is 48.5 Å². The van der Waals surface area contributed by atoms with Gasteiger partial charge in [-0.25, -0.2) is 0 Å². The molecule has 2 aromatic carbocycles. The standard InChI is InChI=1S/C24H30N4O4S/c1-3-5-10-21(29)25-19-13-11-17(12-14-19)23(31)27-28-24(33)26-22(30)18-8-7-9-20(16-18)32-15-6-4-2/h7-9,11-14,16H,3-6,10,15H2,1-2H3,(H,25,29)(H,27,31)(H2,26,28,30,33). The Labute approximate surface area is 199 Å². The highest BCUT2D eigenvalue weighted by atomic mass is 32.1. The molecule has 0 aliphatic rings. The first-order chi connectivity index (χ1) is 15.9. The number of anilines is 1.